The maximum absolute atomic E-state index is 12.8. The molecular weight excluding hydrogens is 366 g/mol. The highest BCUT2D eigenvalue weighted by molar-refractivity contribution is 5.98. The zero-order chi connectivity index (χ0) is 20.4. The van der Waals surface area contributed by atoms with Crippen molar-refractivity contribution in [1.82, 2.24) is 15.1 Å². The van der Waals surface area contributed by atoms with E-state index in [1.807, 2.05) is 29.9 Å². The summed E-state index contributed by atoms with van der Waals surface area (Å²) in [6.45, 7) is 4.93. The van der Waals surface area contributed by atoms with Crippen molar-refractivity contribution < 1.29 is 14.3 Å². The van der Waals surface area contributed by atoms with Crippen molar-refractivity contribution in [2.24, 2.45) is 0 Å². The van der Waals surface area contributed by atoms with Crippen LogP contribution in [0.15, 0.2) is 48.8 Å². The Balaban J connectivity index is 1.61. The van der Waals surface area contributed by atoms with Gasteiger partial charge in [0.25, 0.3) is 5.91 Å². The Morgan fingerprint density at radius 3 is 2.72 bits per heavy atom. The van der Waals surface area contributed by atoms with E-state index < -0.39 is 0 Å². The van der Waals surface area contributed by atoms with Gasteiger partial charge in [0.1, 0.15) is 12.4 Å². The van der Waals surface area contributed by atoms with Gasteiger partial charge in [-0.15, -0.1) is 0 Å². The topological polar surface area (TPSA) is 65.4 Å². The molecule has 6 heteroatoms. The second-order valence-electron chi connectivity index (χ2n) is 7.39. The minimum absolute atomic E-state index is 0.113. The lowest BCUT2D eigenvalue weighted by Crippen LogP contribution is -2.40. The van der Waals surface area contributed by atoms with Crippen LogP contribution in [0.2, 0.25) is 0 Å². The number of carbonyl (C=O) groups excluding carboxylic acids is 1. The molecular formula is C23H25N3O3. The summed E-state index contributed by atoms with van der Waals surface area (Å²) in [5.41, 5.74) is 6.07. The van der Waals surface area contributed by atoms with Gasteiger partial charge in [-0.2, -0.15) is 5.10 Å². The predicted octanol–water partition coefficient (Wildman–Crippen LogP) is 3.22. The third kappa shape index (κ3) is 3.89. The largest absolute Gasteiger partial charge is 0.490 e. The van der Waals surface area contributed by atoms with Gasteiger partial charge in [-0.05, 0) is 66.8 Å². The molecule has 0 unspecified atom stereocenters. The molecule has 0 radical (unpaired) electrons. The highest BCUT2D eigenvalue weighted by Crippen LogP contribution is 2.32. The number of hydrogen-bond acceptors (Lipinski definition) is 4. The molecule has 29 heavy (non-hydrogen) atoms. The van der Waals surface area contributed by atoms with E-state index in [4.69, 9.17) is 9.47 Å². The first kappa shape index (κ1) is 19.2. The van der Waals surface area contributed by atoms with Gasteiger partial charge in [0.15, 0.2) is 0 Å². The molecule has 1 amide bonds. The first-order valence-corrected chi connectivity index (χ1v) is 9.71. The van der Waals surface area contributed by atoms with Crippen molar-refractivity contribution >= 4 is 5.91 Å². The molecule has 0 spiro atoms. The minimum Gasteiger partial charge on any atom is -0.490 e. The number of benzene rings is 2. The number of fused-ring (bicyclic) bond motifs is 1. The zero-order valence-electron chi connectivity index (χ0n) is 16.9. The molecule has 1 aliphatic rings. The van der Waals surface area contributed by atoms with Crippen molar-refractivity contribution in [3.05, 3.63) is 76.6 Å². The van der Waals surface area contributed by atoms with Gasteiger partial charge in [-0.25, -0.2) is 4.68 Å². The molecule has 6 nitrogen and oxygen atoms in total. The summed E-state index contributed by atoms with van der Waals surface area (Å²) in [5, 5.41) is 7.26. The second-order valence-corrected chi connectivity index (χ2v) is 7.39. The molecule has 4 rings (SSSR count). The van der Waals surface area contributed by atoms with Gasteiger partial charge >= 0.3 is 0 Å². The molecule has 0 fully saturated rings. The van der Waals surface area contributed by atoms with Crippen LogP contribution in [0.25, 0.3) is 5.69 Å². The van der Waals surface area contributed by atoms with Crippen LogP contribution in [-0.4, -0.2) is 42.1 Å². The van der Waals surface area contributed by atoms with Crippen molar-refractivity contribution in [3.8, 4) is 11.4 Å². The standard InChI is InChI=1S/C23H25N3O3/c1-15-16(2)22-21(23(27)25-19(13-28-3)14-29-22)12-18(15)11-17-5-7-20(8-6-17)26-10-4-9-24-26/h4-10,12,19H,11,13-14H2,1-3H3,(H,25,27)/t19-/m1/s1. The minimum atomic E-state index is -0.155. The highest BCUT2D eigenvalue weighted by atomic mass is 16.5. The summed E-state index contributed by atoms with van der Waals surface area (Å²) in [5.74, 6) is 0.564. The number of ether oxygens (including phenoxy) is 2. The van der Waals surface area contributed by atoms with E-state index in [0.29, 0.717) is 24.5 Å². The molecule has 3 aromatic rings. The third-order valence-electron chi connectivity index (χ3n) is 5.42. The Morgan fingerprint density at radius 1 is 1.24 bits per heavy atom. The van der Waals surface area contributed by atoms with Crippen LogP contribution in [0.1, 0.15) is 32.6 Å². The van der Waals surface area contributed by atoms with Gasteiger partial charge in [-0.3, -0.25) is 4.79 Å². The molecule has 0 saturated carbocycles. The summed E-state index contributed by atoms with van der Waals surface area (Å²) in [6.07, 6.45) is 4.43. The fraction of sp³-hybridized carbons (Fsp3) is 0.304. The Hall–Kier alpha value is -3.12. The number of carbonyl (C=O) groups is 1. The van der Waals surface area contributed by atoms with Crippen LogP contribution >= 0.6 is 0 Å². The van der Waals surface area contributed by atoms with Crippen LogP contribution in [0.5, 0.6) is 5.75 Å². The van der Waals surface area contributed by atoms with Crippen molar-refractivity contribution in [3.63, 3.8) is 0 Å². The molecule has 1 N–H and O–H groups in total. The summed E-state index contributed by atoms with van der Waals surface area (Å²) < 4.78 is 13.0. The van der Waals surface area contributed by atoms with Crippen molar-refractivity contribution in [2.75, 3.05) is 20.3 Å². The maximum Gasteiger partial charge on any atom is 0.255 e. The molecule has 150 valence electrons. The predicted molar refractivity (Wildman–Crippen MR) is 111 cm³/mol. The lowest BCUT2D eigenvalue weighted by Gasteiger charge is -2.16. The smallest absolute Gasteiger partial charge is 0.255 e. The van der Waals surface area contributed by atoms with E-state index in [1.165, 1.54) is 5.56 Å². The average molecular weight is 391 g/mol. The summed E-state index contributed by atoms with van der Waals surface area (Å²) in [6, 6.07) is 12.0. The Kier molecular flexibility index (Phi) is 5.36. The Bertz CT molecular complexity index is 1010. The number of nitrogens with one attached hydrogen (secondary N) is 1. The SMILES string of the molecule is COC[C@@H]1COc2c(cc(Cc3ccc(-n4cccn4)cc3)c(C)c2C)C(=O)N1. The monoisotopic (exact) mass is 391 g/mol. The Labute approximate surface area is 170 Å². The van der Waals surface area contributed by atoms with Gasteiger partial charge in [0.2, 0.25) is 0 Å². The summed E-state index contributed by atoms with van der Waals surface area (Å²) >= 11 is 0. The number of hydrogen-bond donors (Lipinski definition) is 1. The van der Waals surface area contributed by atoms with Gasteiger partial charge in [-0.1, -0.05) is 12.1 Å². The van der Waals surface area contributed by atoms with Gasteiger partial charge in [0, 0.05) is 19.5 Å². The van der Waals surface area contributed by atoms with Crippen molar-refractivity contribution in [2.45, 2.75) is 26.3 Å². The number of rotatable bonds is 5. The molecule has 1 aromatic heterocycles. The van der Waals surface area contributed by atoms with E-state index in [1.54, 1.807) is 13.3 Å². The zero-order valence-corrected chi connectivity index (χ0v) is 16.9. The third-order valence-corrected chi connectivity index (χ3v) is 5.42. The fourth-order valence-electron chi connectivity index (χ4n) is 3.69. The number of aromatic nitrogens is 2. The van der Waals surface area contributed by atoms with Crippen LogP contribution in [0.4, 0.5) is 0 Å². The molecule has 0 aliphatic carbocycles. The van der Waals surface area contributed by atoms with E-state index in [-0.39, 0.29) is 11.9 Å². The summed E-state index contributed by atoms with van der Waals surface area (Å²) in [4.78, 5) is 12.8. The fourth-order valence-corrected chi connectivity index (χ4v) is 3.69. The second kappa shape index (κ2) is 8.09. The lowest BCUT2D eigenvalue weighted by molar-refractivity contribution is 0.0886. The van der Waals surface area contributed by atoms with E-state index in [0.717, 1.165) is 28.8 Å². The van der Waals surface area contributed by atoms with Crippen LogP contribution in [0, 0.1) is 13.8 Å². The van der Waals surface area contributed by atoms with E-state index >= 15 is 0 Å². The first-order valence-electron chi connectivity index (χ1n) is 9.71. The molecule has 2 aromatic carbocycles. The van der Waals surface area contributed by atoms with E-state index in [2.05, 4.69) is 41.6 Å². The number of amides is 1. The quantitative estimate of drug-likeness (QED) is 0.725. The van der Waals surface area contributed by atoms with Crippen LogP contribution in [0.3, 0.4) is 0 Å². The molecule has 0 saturated heterocycles. The average Bonchev–Trinajstić information content (AvgIpc) is 3.21. The normalized spacial score (nSPS) is 16.0. The van der Waals surface area contributed by atoms with Gasteiger partial charge < -0.3 is 14.8 Å². The summed E-state index contributed by atoms with van der Waals surface area (Å²) in [7, 11) is 1.62. The molecule has 1 aliphatic heterocycles. The number of methoxy groups -OCH3 is 1. The molecule has 1 atom stereocenters. The van der Waals surface area contributed by atoms with Crippen molar-refractivity contribution in [1.29, 1.82) is 0 Å². The lowest BCUT2D eigenvalue weighted by atomic mass is 9.93. The molecule has 2 heterocycles. The van der Waals surface area contributed by atoms with Crippen LogP contribution < -0.4 is 10.1 Å². The van der Waals surface area contributed by atoms with E-state index in [9.17, 15) is 4.79 Å². The van der Waals surface area contributed by atoms with Crippen LogP contribution in [-0.2, 0) is 11.2 Å². The molecule has 0 bridgehead atoms. The first-order chi connectivity index (χ1) is 14.1. The maximum atomic E-state index is 12.8. The highest BCUT2D eigenvalue weighted by Gasteiger charge is 2.26. The Morgan fingerprint density at radius 2 is 2.03 bits per heavy atom. The number of nitrogens with zero attached hydrogens (tertiary/aromatic N) is 2. The van der Waals surface area contributed by atoms with Gasteiger partial charge in [0.05, 0.1) is 23.9 Å².